The highest BCUT2D eigenvalue weighted by atomic mass is 32.2. The number of thioether (sulfide) groups is 1. The van der Waals surface area contributed by atoms with Gasteiger partial charge in [0.25, 0.3) is 5.78 Å². The lowest BCUT2D eigenvalue weighted by Gasteiger charge is -2.13. The van der Waals surface area contributed by atoms with Crippen LogP contribution in [0.1, 0.15) is 16.5 Å². The second-order valence-electron chi connectivity index (χ2n) is 4.45. The van der Waals surface area contributed by atoms with E-state index in [0.717, 1.165) is 11.3 Å². The molecule has 6 nitrogen and oxygen atoms in total. The van der Waals surface area contributed by atoms with Crippen LogP contribution in [0.2, 0.25) is 0 Å². The lowest BCUT2D eigenvalue weighted by Crippen LogP contribution is -2.09. The number of fused-ring (bicyclic) bond motifs is 1. The fourth-order valence-electron chi connectivity index (χ4n) is 1.99. The SMILES string of the molecule is Cc1cc(S[C@H](C(=O)O)c2ccccc2)n2ncnc2n1. The number of aliphatic carboxylic acids is 1. The molecule has 3 rings (SSSR count). The minimum atomic E-state index is -0.895. The number of carboxylic acids is 1. The zero-order valence-electron chi connectivity index (χ0n) is 11.2. The zero-order chi connectivity index (χ0) is 14.8. The van der Waals surface area contributed by atoms with Crippen LogP contribution in [0.5, 0.6) is 0 Å². The highest BCUT2D eigenvalue weighted by Crippen LogP contribution is 2.35. The lowest BCUT2D eigenvalue weighted by atomic mass is 10.1. The monoisotopic (exact) mass is 300 g/mol. The van der Waals surface area contributed by atoms with Gasteiger partial charge in [-0.05, 0) is 18.6 Å². The van der Waals surface area contributed by atoms with Crippen LogP contribution in [0.15, 0.2) is 47.8 Å². The van der Waals surface area contributed by atoms with E-state index < -0.39 is 11.2 Å². The number of carbonyl (C=O) groups is 1. The van der Waals surface area contributed by atoms with Gasteiger partial charge < -0.3 is 5.11 Å². The molecule has 2 aromatic heterocycles. The summed E-state index contributed by atoms with van der Waals surface area (Å²) in [6.45, 7) is 1.84. The van der Waals surface area contributed by atoms with Crippen molar-refractivity contribution in [1.82, 2.24) is 19.6 Å². The van der Waals surface area contributed by atoms with Crippen molar-refractivity contribution in [3.8, 4) is 0 Å². The van der Waals surface area contributed by atoms with E-state index in [9.17, 15) is 9.90 Å². The molecule has 0 saturated heterocycles. The molecule has 0 radical (unpaired) electrons. The van der Waals surface area contributed by atoms with E-state index in [1.807, 2.05) is 31.2 Å². The Kier molecular flexibility index (Phi) is 3.57. The Hall–Kier alpha value is -2.41. The number of aromatic nitrogens is 4. The molecule has 0 spiro atoms. The molecule has 21 heavy (non-hydrogen) atoms. The second kappa shape index (κ2) is 5.53. The van der Waals surface area contributed by atoms with Crippen molar-refractivity contribution in [1.29, 1.82) is 0 Å². The first-order valence-electron chi connectivity index (χ1n) is 6.27. The van der Waals surface area contributed by atoms with Gasteiger partial charge in [0.2, 0.25) is 0 Å². The van der Waals surface area contributed by atoms with E-state index in [4.69, 9.17) is 0 Å². The fourth-order valence-corrected chi connectivity index (χ4v) is 3.09. The molecule has 0 aliphatic carbocycles. The molecule has 1 aromatic carbocycles. The average Bonchev–Trinajstić information content (AvgIpc) is 2.93. The molecule has 0 aliphatic rings. The third kappa shape index (κ3) is 2.73. The summed E-state index contributed by atoms with van der Waals surface area (Å²) in [6, 6.07) is 10.9. The van der Waals surface area contributed by atoms with Crippen LogP contribution in [-0.4, -0.2) is 30.7 Å². The number of benzene rings is 1. The number of rotatable bonds is 4. The number of hydrogen-bond donors (Lipinski definition) is 1. The van der Waals surface area contributed by atoms with Gasteiger partial charge in [0.15, 0.2) is 0 Å². The first kappa shape index (κ1) is 13.6. The quantitative estimate of drug-likeness (QED) is 0.588. The van der Waals surface area contributed by atoms with Gasteiger partial charge in [-0.1, -0.05) is 42.1 Å². The molecule has 0 amide bonds. The van der Waals surface area contributed by atoms with Crippen molar-refractivity contribution >= 4 is 23.5 Å². The topological polar surface area (TPSA) is 80.4 Å². The highest BCUT2D eigenvalue weighted by Gasteiger charge is 2.23. The Morgan fingerprint density at radius 1 is 1.33 bits per heavy atom. The molecule has 1 atom stereocenters. The van der Waals surface area contributed by atoms with Crippen LogP contribution in [0.4, 0.5) is 0 Å². The molecule has 3 aromatic rings. The first-order chi connectivity index (χ1) is 10.1. The Balaban J connectivity index is 2.02. The van der Waals surface area contributed by atoms with Crippen LogP contribution in [-0.2, 0) is 4.79 Å². The van der Waals surface area contributed by atoms with Crippen molar-refractivity contribution in [3.63, 3.8) is 0 Å². The number of carboxylic acid groups (broad SMARTS) is 1. The van der Waals surface area contributed by atoms with Gasteiger partial charge in [0.05, 0.1) is 0 Å². The summed E-state index contributed by atoms with van der Waals surface area (Å²) in [5.41, 5.74) is 1.51. The largest absolute Gasteiger partial charge is 0.480 e. The molecule has 0 bridgehead atoms. The van der Waals surface area contributed by atoms with Crippen LogP contribution in [0.3, 0.4) is 0 Å². The Labute approximate surface area is 124 Å². The maximum Gasteiger partial charge on any atom is 0.321 e. The number of aryl methyl sites for hydroxylation is 1. The molecule has 1 N–H and O–H groups in total. The number of hydrogen-bond acceptors (Lipinski definition) is 5. The highest BCUT2D eigenvalue weighted by molar-refractivity contribution is 8.00. The third-order valence-electron chi connectivity index (χ3n) is 2.91. The summed E-state index contributed by atoms with van der Waals surface area (Å²) in [5.74, 6) is -0.427. The summed E-state index contributed by atoms with van der Waals surface area (Å²) in [7, 11) is 0. The van der Waals surface area contributed by atoms with E-state index in [0.29, 0.717) is 10.8 Å². The van der Waals surface area contributed by atoms with E-state index in [1.54, 1.807) is 16.6 Å². The summed E-state index contributed by atoms with van der Waals surface area (Å²) >= 11 is 1.22. The van der Waals surface area contributed by atoms with Gasteiger partial charge in [-0.15, -0.1) is 0 Å². The molecule has 0 unspecified atom stereocenters. The zero-order valence-corrected chi connectivity index (χ0v) is 12.0. The van der Waals surface area contributed by atoms with Crippen LogP contribution < -0.4 is 0 Å². The standard InChI is InChI=1S/C14H12N4O2S/c1-9-7-11(18-14(17-9)15-8-16-18)21-12(13(19)20)10-5-3-2-4-6-10/h2-8,12H,1H3,(H,19,20)/t12-/m0/s1. The van der Waals surface area contributed by atoms with Crippen LogP contribution in [0, 0.1) is 6.92 Å². The molecule has 0 saturated carbocycles. The fraction of sp³-hybridized carbons (Fsp3) is 0.143. The molecule has 0 aliphatic heterocycles. The van der Waals surface area contributed by atoms with E-state index >= 15 is 0 Å². The average molecular weight is 300 g/mol. The van der Waals surface area contributed by atoms with Gasteiger partial charge >= 0.3 is 5.97 Å². The predicted molar refractivity (Wildman–Crippen MR) is 78.2 cm³/mol. The first-order valence-corrected chi connectivity index (χ1v) is 7.15. The van der Waals surface area contributed by atoms with E-state index in [2.05, 4.69) is 15.1 Å². The van der Waals surface area contributed by atoms with Crippen molar-refractivity contribution in [2.45, 2.75) is 17.2 Å². The van der Waals surface area contributed by atoms with Gasteiger partial charge in [-0.3, -0.25) is 4.79 Å². The van der Waals surface area contributed by atoms with Crippen molar-refractivity contribution < 1.29 is 9.90 Å². The van der Waals surface area contributed by atoms with Crippen molar-refractivity contribution in [3.05, 3.63) is 54.0 Å². The summed E-state index contributed by atoms with van der Waals surface area (Å²) in [5, 5.41) is 13.6. The Bertz CT molecular complexity index is 788. The van der Waals surface area contributed by atoms with Gasteiger partial charge in [-0.2, -0.15) is 14.6 Å². The second-order valence-corrected chi connectivity index (χ2v) is 5.58. The maximum atomic E-state index is 11.6. The minimum absolute atomic E-state index is 0.467. The van der Waals surface area contributed by atoms with Gasteiger partial charge in [-0.25, -0.2) is 4.98 Å². The van der Waals surface area contributed by atoms with E-state index in [1.165, 1.54) is 18.1 Å². The van der Waals surface area contributed by atoms with Gasteiger partial charge in [0, 0.05) is 5.69 Å². The minimum Gasteiger partial charge on any atom is -0.480 e. The Morgan fingerprint density at radius 3 is 2.81 bits per heavy atom. The third-order valence-corrected chi connectivity index (χ3v) is 4.15. The van der Waals surface area contributed by atoms with Gasteiger partial charge in [0.1, 0.15) is 16.6 Å². The summed E-state index contributed by atoms with van der Waals surface area (Å²) in [4.78, 5) is 19.9. The predicted octanol–water partition coefficient (Wildman–Crippen LogP) is 2.35. The lowest BCUT2D eigenvalue weighted by molar-refractivity contribution is -0.136. The van der Waals surface area contributed by atoms with E-state index in [-0.39, 0.29) is 0 Å². The Morgan fingerprint density at radius 2 is 2.10 bits per heavy atom. The van der Waals surface area contributed by atoms with Crippen LogP contribution in [0.25, 0.3) is 5.78 Å². The van der Waals surface area contributed by atoms with Crippen LogP contribution >= 0.6 is 11.8 Å². The van der Waals surface area contributed by atoms with Crippen molar-refractivity contribution in [2.24, 2.45) is 0 Å². The van der Waals surface area contributed by atoms with Crippen molar-refractivity contribution in [2.75, 3.05) is 0 Å². The smallest absolute Gasteiger partial charge is 0.321 e. The molecule has 0 fully saturated rings. The normalized spacial score (nSPS) is 12.4. The maximum absolute atomic E-state index is 11.6. The summed E-state index contributed by atoms with van der Waals surface area (Å²) in [6.07, 6.45) is 1.41. The molecule has 2 heterocycles. The number of nitrogens with zero attached hydrogens (tertiary/aromatic N) is 4. The molecular formula is C14H12N4O2S. The summed E-state index contributed by atoms with van der Waals surface area (Å²) < 4.78 is 1.55. The molecule has 106 valence electrons. The molecule has 7 heteroatoms. The molecular weight excluding hydrogens is 288 g/mol.